The topological polar surface area (TPSA) is 83.1 Å². The van der Waals surface area contributed by atoms with Gasteiger partial charge in [-0.1, -0.05) is 12.1 Å². The molecule has 0 saturated heterocycles. The first-order valence-electron chi connectivity index (χ1n) is 7.91. The number of halogens is 2. The second kappa shape index (κ2) is 13.1. The molecular weight excluding hydrogens is 375 g/mol. The number of hydrogen-bond donors (Lipinski definition) is 3. The Morgan fingerprint density at radius 1 is 1.08 bits per heavy atom. The van der Waals surface area contributed by atoms with Crippen LogP contribution in [0, 0.1) is 0 Å². The van der Waals surface area contributed by atoms with Gasteiger partial charge in [-0.15, -0.1) is 24.8 Å². The largest absolute Gasteiger partial charge is 0.346 e. The Labute approximate surface area is 166 Å². The number of rotatable bonds is 8. The van der Waals surface area contributed by atoms with Crippen LogP contribution >= 0.6 is 24.8 Å². The van der Waals surface area contributed by atoms with Gasteiger partial charge in [0.15, 0.2) is 0 Å². The molecule has 0 aliphatic heterocycles. The summed E-state index contributed by atoms with van der Waals surface area (Å²) < 4.78 is 0. The molecular formula is C18H24Cl2N4O2. The molecule has 0 spiro atoms. The lowest BCUT2D eigenvalue weighted by Crippen LogP contribution is -2.23. The van der Waals surface area contributed by atoms with E-state index in [0.29, 0.717) is 24.2 Å². The Kier molecular flexibility index (Phi) is 12.0. The van der Waals surface area contributed by atoms with Crippen molar-refractivity contribution in [1.82, 2.24) is 15.6 Å². The Bertz CT molecular complexity index is 684. The number of nitrogens with zero attached hydrogens (tertiary/aromatic N) is 1. The Balaban J connectivity index is 0.00000312. The van der Waals surface area contributed by atoms with Crippen LogP contribution in [0.4, 0.5) is 5.69 Å². The third kappa shape index (κ3) is 8.29. The lowest BCUT2D eigenvalue weighted by Gasteiger charge is -2.08. The molecule has 0 fully saturated rings. The molecule has 1 heterocycles. The first kappa shape index (κ1) is 23.9. The molecule has 0 bridgehead atoms. The number of aromatic nitrogens is 1. The average molecular weight is 399 g/mol. The predicted octanol–water partition coefficient (Wildman–Crippen LogP) is 2.79. The van der Waals surface area contributed by atoms with E-state index in [9.17, 15) is 9.59 Å². The van der Waals surface area contributed by atoms with E-state index < -0.39 is 0 Å². The Hall–Kier alpha value is -2.15. The van der Waals surface area contributed by atoms with Gasteiger partial charge in [0.2, 0.25) is 5.91 Å². The van der Waals surface area contributed by atoms with Gasteiger partial charge in [-0.05, 0) is 50.3 Å². The number of pyridine rings is 1. The van der Waals surface area contributed by atoms with Crippen molar-refractivity contribution in [2.75, 3.05) is 18.9 Å². The summed E-state index contributed by atoms with van der Waals surface area (Å²) in [5, 5.41) is 8.63. The quantitative estimate of drug-likeness (QED) is 0.596. The van der Waals surface area contributed by atoms with Crippen LogP contribution in [-0.4, -0.2) is 30.4 Å². The lowest BCUT2D eigenvalue weighted by molar-refractivity contribution is -0.116. The van der Waals surface area contributed by atoms with Crippen molar-refractivity contribution in [1.29, 1.82) is 0 Å². The van der Waals surface area contributed by atoms with Crippen molar-refractivity contribution in [3.63, 3.8) is 0 Å². The minimum absolute atomic E-state index is 0. The lowest BCUT2D eigenvalue weighted by atomic mass is 10.1. The third-order valence-electron chi connectivity index (χ3n) is 3.40. The predicted molar refractivity (Wildman–Crippen MR) is 108 cm³/mol. The fraction of sp³-hybridized carbons (Fsp3) is 0.278. The zero-order chi connectivity index (χ0) is 17.2. The molecule has 0 radical (unpaired) electrons. The van der Waals surface area contributed by atoms with Crippen molar-refractivity contribution < 1.29 is 9.59 Å². The minimum Gasteiger partial charge on any atom is -0.346 e. The van der Waals surface area contributed by atoms with E-state index in [1.165, 1.54) is 0 Å². The van der Waals surface area contributed by atoms with E-state index in [-0.39, 0.29) is 36.6 Å². The monoisotopic (exact) mass is 398 g/mol. The van der Waals surface area contributed by atoms with Gasteiger partial charge in [-0.25, -0.2) is 0 Å². The maximum absolute atomic E-state index is 12.2. The molecule has 0 saturated carbocycles. The molecule has 2 amide bonds. The summed E-state index contributed by atoms with van der Waals surface area (Å²) in [5.74, 6) is -0.261. The fourth-order valence-electron chi connectivity index (χ4n) is 2.16. The smallest absolute Gasteiger partial charge is 0.251 e. The summed E-state index contributed by atoms with van der Waals surface area (Å²) in [6, 6.07) is 12.5. The van der Waals surface area contributed by atoms with Crippen LogP contribution in [0.5, 0.6) is 0 Å². The molecule has 2 aromatic rings. The van der Waals surface area contributed by atoms with E-state index in [4.69, 9.17) is 0 Å². The van der Waals surface area contributed by atoms with Gasteiger partial charge in [0.1, 0.15) is 0 Å². The van der Waals surface area contributed by atoms with Gasteiger partial charge in [-0.2, -0.15) is 0 Å². The minimum atomic E-state index is -0.202. The van der Waals surface area contributed by atoms with E-state index >= 15 is 0 Å². The zero-order valence-corrected chi connectivity index (χ0v) is 16.2. The SMILES string of the molecule is CNCCCC(=O)Nc1cccc(C(=O)NCc2ccccn2)c1.Cl.Cl. The molecule has 0 aliphatic carbocycles. The number of anilines is 1. The zero-order valence-electron chi connectivity index (χ0n) is 14.5. The maximum atomic E-state index is 12.2. The molecule has 0 atom stereocenters. The first-order chi connectivity index (χ1) is 11.7. The highest BCUT2D eigenvalue weighted by Gasteiger charge is 2.08. The van der Waals surface area contributed by atoms with Crippen LogP contribution in [0.25, 0.3) is 0 Å². The van der Waals surface area contributed by atoms with E-state index in [1.807, 2.05) is 25.2 Å². The van der Waals surface area contributed by atoms with Crippen molar-refractivity contribution in [2.45, 2.75) is 19.4 Å². The summed E-state index contributed by atoms with van der Waals surface area (Å²) >= 11 is 0. The van der Waals surface area contributed by atoms with Gasteiger partial charge in [-0.3, -0.25) is 14.6 Å². The van der Waals surface area contributed by atoms with Crippen LogP contribution in [0.3, 0.4) is 0 Å². The second-order valence-electron chi connectivity index (χ2n) is 5.34. The Morgan fingerprint density at radius 3 is 2.58 bits per heavy atom. The van der Waals surface area contributed by atoms with Gasteiger partial charge in [0.05, 0.1) is 12.2 Å². The molecule has 2 rings (SSSR count). The number of carbonyl (C=O) groups excluding carboxylic acids is 2. The van der Waals surface area contributed by atoms with E-state index in [0.717, 1.165) is 18.7 Å². The Morgan fingerprint density at radius 2 is 1.88 bits per heavy atom. The molecule has 1 aromatic carbocycles. The van der Waals surface area contributed by atoms with Crippen LogP contribution in [0.1, 0.15) is 28.9 Å². The van der Waals surface area contributed by atoms with Crippen molar-refractivity contribution in [2.24, 2.45) is 0 Å². The van der Waals surface area contributed by atoms with Crippen molar-refractivity contribution in [3.8, 4) is 0 Å². The third-order valence-corrected chi connectivity index (χ3v) is 3.40. The standard InChI is InChI=1S/C18H22N4O2.2ClH/c1-19-10-5-9-17(23)22-15-8-4-6-14(12-15)18(24)21-13-16-7-2-3-11-20-16;;/h2-4,6-8,11-12,19H,5,9-10,13H2,1H3,(H,21,24)(H,22,23);2*1H. The van der Waals surface area contributed by atoms with Crippen molar-refractivity contribution >= 4 is 42.3 Å². The summed E-state index contributed by atoms with van der Waals surface area (Å²) in [7, 11) is 1.85. The molecule has 0 aliphatic rings. The van der Waals surface area contributed by atoms with E-state index in [2.05, 4.69) is 20.9 Å². The fourth-order valence-corrected chi connectivity index (χ4v) is 2.16. The van der Waals surface area contributed by atoms with Gasteiger partial charge in [0.25, 0.3) is 5.91 Å². The summed E-state index contributed by atoms with van der Waals surface area (Å²) in [6.07, 6.45) is 2.90. The van der Waals surface area contributed by atoms with Crippen LogP contribution in [0.2, 0.25) is 0 Å². The normalized spacial score (nSPS) is 9.42. The van der Waals surface area contributed by atoms with Gasteiger partial charge < -0.3 is 16.0 Å². The van der Waals surface area contributed by atoms with Crippen LogP contribution in [0.15, 0.2) is 48.7 Å². The maximum Gasteiger partial charge on any atom is 0.251 e. The number of carbonyl (C=O) groups is 2. The molecule has 26 heavy (non-hydrogen) atoms. The van der Waals surface area contributed by atoms with Gasteiger partial charge >= 0.3 is 0 Å². The van der Waals surface area contributed by atoms with Crippen LogP contribution < -0.4 is 16.0 Å². The summed E-state index contributed by atoms with van der Waals surface area (Å²) in [5.41, 5.74) is 1.91. The second-order valence-corrected chi connectivity index (χ2v) is 5.34. The highest BCUT2D eigenvalue weighted by Crippen LogP contribution is 2.11. The average Bonchev–Trinajstić information content (AvgIpc) is 2.61. The molecule has 3 N–H and O–H groups in total. The number of hydrogen-bond acceptors (Lipinski definition) is 4. The van der Waals surface area contributed by atoms with Crippen LogP contribution in [-0.2, 0) is 11.3 Å². The summed E-state index contributed by atoms with van der Waals surface area (Å²) in [6.45, 7) is 1.16. The molecule has 8 heteroatoms. The van der Waals surface area contributed by atoms with E-state index in [1.54, 1.807) is 30.5 Å². The summed E-state index contributed by atoms with van der Waals surface area (Å²) in [4.78, 5) is 28.2. The highest BCUT2D eigenvalue weighted by molar-refractivity contribution is 5.97. The number of benzene rings is 1. The molecule has 1 aromatic heterocycles. The number of nitrogens with one attached hydrogen (secondary N) is 3. The highest BCUT2D eigenvalue weighted by atomic mass is 35.5. The molecule has 142 valence electrons. The van der Waals surface area contributed by atoms with Crippen molar-refractivity contribution in [3.05, 3.63) is 59.9 Å². The van der Waals surface area contributed by atoms with Gasteiger partial charge in [0, 0.05) is 23.9 Å². The molecule has 0 unspecified atom stereocenters. The number of amides is 2. The first-order valence-corrected chi connectivity index (χ1v) is 7.91. The molecule has 6 nitrogen and oxygen atoms in total.